The predicted octanol–water partition coefficient (Wildman–Crippen LogP) is 1.40. The van der Waals surface area contributed by atoms with Gasteiger partial charge in [0.25, 0.3) is 11.3 Å². The van der Waals surface area contributed by atoms with Gasteiger partial charge in [-0.2, -0.15) is 8.78 Å². The molecule has 1 aromatic rings. The lowest BCUT2D eigenvalue weighted by Gasteiger charge is -2.26. The van der Waals surface area contributed by atoms with Gasteiger partial charge in [0.1, 0.15) is 6.10 Å². The first kappa shape index (κ1) is 25.8. The molecule has 170 valence electrons. The number of aromatic amines is 1. The van der Waals surface area contributed by atoms with Gasteiger partial charge in [0.05, 0.1) is 6.61 Å². The molecule has 30 heavy (non-hydrogen) atoms. The molecular weight excluding hydrogens is 515 g/mol. The van der Waals surface area contributed by atoms with Crippen molar-refractivity contribution in [3.63, 3.8) is 0 Å². The third kappa shape index (κ3) is 5.64. The number of halogens is 2. The summed E-state index contributed by atoms with van der Waals surface area (Å²) >= 11 is 8.23. The Balaban J connectivity index is 2.04. The van der Waals surface area contributed by atoms with E-state index in [-0.39, 0.29) is 5.56 Å². The fourth-order valence-electron chi connectivity index (χ4n) is 2.06. The summed E-state index contributed by atoms with van der Waals surface area (Å²) in [6.45, 7) is 0.940. The van der Waals surface area contributed by atoms with E-state index in [0.29, 0.717) is 0 Å². The zero-order valence-electron chi connectivity index (χ0n) is 14.7. The quantitative estimate of drug-likeness (QED) is 0.186. The van der Waals surface area contributed by atoms with Crippen LogP contribution in [0.2, 0.25) is 0 Å². The Kier molecular flexibility index (Phi) is 7.55. The molecule has 0 fully saturated rings. The molecule has 12 nitrogen and oxygen atoms in total. The minimum Gasteiger partial charge on any atom is -0.344 e. The monoisotopic (exact) mass is 530 g/mol. The van der Waals surface area contributed by atoms with Gasteiger partial charge in [0, 0.05) is 11.8 Å². The van der Waals surface area contributed by atoms with Crippen LogP contribution in [0.1, 0.15) is 11.8 Å². The van der Waals surface area contributed by atoms with Crippen LogP contribution < -0.4 is 11.2 Å². The summed E-state index contributed by atoms with van der Waals surface area (Å²) in [7, 11) is -12.6. The number of aromatic nitrogens is 2. The maximum Gasteiger partial charge on any atom is 0.444 e. The van der Waals surface area contributed by atoms with Crippen LogP contribution in [0.4, 0.5) is 8.78 Å². The van der Waals surface area contributed by atoms with E-state index in [9.17, 15) is 32.4 Å². The number of aryl methyl sites for hydroxylation is 1. The molecule has 1 aromatic heterocycles. The Bertz CT molecular complexity index is 1120. The van der Waals surface area contributed by atoms with Gasteiger partial charge in [-0.25, -0.2) is 9.11 Å². The molecule has 0 radical (unpaired) electrons. The summed E-state index contributed by atoms with van der Waals surface area (Å²) in [6, 6.07) is 0. The maximum absolute atomic E-state index is 13.5. The number of nitrogens with zero attached hydrogens (tertiary/aromatic N) is 1. The largest absolute Gasteiger partial charge is 0.444 e. The van der Waals surface area contributed by atoms with Crippen molar-refractivity contribution in [1.29, 1.82) is 0 Å². The summed E-state index contributed by atoms with van der Waals surface area (Å²) in [4.78, 5) is 51.7. The van der Waals surface area contributed by atoms with Crippen LogP contribution >= 0.6 is 33.1 Å². The molecule has 2 heterocycles. The van der Waals surface area contributed by atoms with Crippen molar-refractivity contribution in [2.24, 2.45) is 0 Å². The Morgan fingerprint density at radius 1 is 1.33 bits per heavy atom. The van der Waals surface area contributed by atoms with E-state index in [1.807, 2.05) is 0 Å². The third-order valence-electron chi connectivity index (χ3n) is 3.53. The van der Waals surface area contributed by atoms with Crippen molar-refractivity contribution in [3.8, 4) is 0 Å². The molecular formula is C11H15F2N2O10P3S2. The van der Waals surface area contributed by atoms with Crippen LogP contribution in [0.25, 0.3) is 0 Å². The molecule has 0 aliphatic carbocycles. The van der Waals surface area contributed by atoms with Gasteiger partial charge < -0.3 is 23.9 Å². The molecule has 2 unspecified atom stereocenters. The zero-order chi connectivity index (χ0) is 23.1. The molecule has 2 rings (SSSR count). The van der Waals surface area contributed by atoms with Crippen LogP contribution in [-0.2, 0) is 34.5 Å². The second-order valence-corrected chi connectivity index (χ2v) is 15.1. The van der Waals surface area contributed by atoms with Crippen LogP contribution in [0.15, 0.2) is 27.9 Å². The van der Waals surface area contributed by atoms with E-state index in [2.05, 4.69) is 33.4 Å². The number of nitrogens with one attached hydrogen (secondary N) is 1. The lowest BCUT2D eigenvalue weighted by atomic mass is 10.3. The van der Waals surface area contributed by atoms with Crippen molar-refractivity contribution in [2.75, 3.05) is 6.61 Å². The molecule has 0 saturated carbocycles. The highest BCUT2D eigenvalue weighted by atomic mass is 32.9. The minimum absolute atomic E-state index is 0.232. The number of H-pyrrole nitrogens is 1. The molecule has 0 saturated heterocycles. The summed E-state index contributed by atoms with van der Waals surface area (Å²) in [5, 5.41) is -5.42. The van der Waals surface area contributed by atoms with Gasteiger partial charge in [-0.1, -0.05) is 18.3 Å². The average Bonchev–Trinajstić information content (AvgIpc) is 3.03. The Hall–Kier alpha value is -0.500. The number of rotatable bonds is 8. The fraction of sp³-hybridized carbons (Fsp3) is 0.455. The maximum atomic E-state index is 13.5. The van der Waals surface area contributed by atoms with Crippen LogP contribution in [0, 0.1) is 6.92 Å². The van der Waals surface area contributed by atoms with Gasteiger partial charge in [-0.15, -0.1) is 0 Å². The molecule has 4 atom stereocenters. The van der Waals surface area contributed by atoms with E-state index in [4.69, 9.17) is 19.0 Å². The van der Waals surface area contributed by atoms with Crippen molar-refractivity contribution < 1.29 is 46.2 Å². The second kappa shape index (κ2) is 8.80. The summed E-state index contributed by atoms with van der Waals surface area (Å²) < 4.78 is 65.0. The first-order valence-electron chi connectivity index (χ1n) is 7.58. The Morgan fingerprint density at radius 3 is 2.50 bits per heavy atom. The smallest absolute Gasteiger partial charge is 0.344 e. The topological polar surface area (TPSA) is 177 Å². The second-order valence-electron chi connectivity index (χ2n) is 5.85. The first-order valence-corrected chi connectivity index (χ1v) is 14.6. The van der Waals surface area contributed by atoms with Gasteiger partial charge in [0.15, 0.2) is 6.23 Å². The van der Waals surface area contributed by atoms with Gasteiger partial charge in [0.2, 0.25) is 0 Å². The van der Waals surface area contributed by atoms with Crippen LogP contribution in [0.5, 0.6) is 0 Å². The van der Waals surface area contributed by atoms with Crippen LogP contribution in [0.3, 0.4) is 0 Å². The number of hydrogen-bond acceptors (Lipinski definition) is 8. The lowest BCUT2D eigenvalue weighted by molar-refractivity contribution is -0.00475. The molecule has 0 aromatic carbocycles. The SMILES string of the molecule is Cc1cn([C@H]2C=C[C@@H](COP(=S)(S)OP(=O)(O)C(F)(F)P(=O)(O)O)O2)c(=O)[nH]c1=O. The predicted molar refractivity (Wildman–Crippen MR) is 106 cm³/mol. The summed E-state index contributed by atoms with van der Waals surface area (Å²) in [6.07, 6.45) is 2.17. The standard InChI is InChI=1S/C11H15F2N2O10P3S2/c1-6-4-15(10(17)14-9(6)16)8-3-2-7(24-8)5-23-28(29,30)25-27(21,22)11(12,13)26(18,19)20/h2-4,7-8H,5H2,1H3,(H,21,22)(H,29,30)(H,14,16,17)(H2,18,19,20)/t7-,8+/m0/s1. The number of alkyl halides is 2. The number of hydrogen-bond donors (Lipinski definition) is 5. The van der Waals surface area contributed by atoms with Gasteiger partial charge >= 0.3 is 26.3 Å². The van der Waals surface area contributed by atoms with Crippen molar-refractivity contribution in [1.82, 2.24) is 9.55 Å². The van der Waals surface area contributed by atoms with E-state index < -0.39 is 56.5 Å². The highest BCUT2D eigenvalue weighted by Crippen LogP contribution is 2.79. The van der Waals surface area contributed by atoms with Crippen molar-refractivity contribution in [2.45, 2.75) is 24.7 Å². The van der Waals surface area contributed by atoms with Crippen LogP contribution in [-0.4, -0.2) is 42.3 Å². The molecule has 1 aliphatic heterocycles. The number of ether oxygens (including phenoxy) is 1. The summed E-state index contributed by atoms with van der Waals surface area (Å²) in [5.74, 6) is 0. The average molecular weight is 530 g/mol. The van der Waals surface area contributed by atoms with E-state index >= 15 is 0 Å². The minimum atomic E-state index is -6.35. The zero-order valence-corrected chi connectivity index (χ0v) is 19.1. The molecule has 0 bridgehead atoms. The normalized spacial score (nSPS) is 23.8. The van der Waals surface area contributed by atoms with E-state index in [1.54, 1.807) is 0 Å². The van der Waals surface area contributed by atoms with E-state index in [1.165, 1.54) is 25.3 Å². The van der Waals surface area contributed by atoms with E-state index in [0.717, 1.165) is 4.57 Å². The molecule has 19 heteroatoms. The molecule has 0 spiro atoms. The molecule has 0 amide bonds. The van der Waals surface area contributed by atoms with Gasteiger partial charge in [-0.3, -0.25) is 23.5 Å². The number of thiol groups is 1. The Labute approximate surface area is 176 Å². The highest BCUT2D eigenvalue weighted by Gasteiger charge is 2.66. The first-order chi connectivity index (χ1) is 13.5. The fourth-order valence-corrected chi connectivity index (χ4v) is 7.83. The summed E-state index contributed by atoms with van der Waals surface area (Å²) in [5.41, 5.74) is -5.29. The molecule has 4 N–H and O–H groups in total. The highest BCUT2D eigenvalue weighted by molar-refractivity contribution is 8.60. The molecule has 1 aliphatic rings. The van der Waals surface area contributed by atoms with Gasteiger partial charge in [-0.05, 0) is 24.8 Å². The Morgan fingerprint density at radius 2 is 1.93 bits per heavy atom. The lowest BCUT2D eigenvalue weighted by Crippen LogP contribution is -2.33. The van der Waals surface area contributed by atoms with Crippen molar-refractivity contribution in [3.05, 3.63) is 44.8 Å². The van der Waals surface area contributed by atoms with Crippen molar-refractivity contribution >= 4 is 44.9 Å². The third-order valence-corrected chi connectivity index (χ3v) is 10.6.